The Kier molecular flexibility index (Phi) is 16.0. The number of halogens is 3. The maximum atomic E-state index is 15.1. The first kappa shape index (κ1) is 50.7. The molecule has 3 N–H and O–H groups in total. The number of carbonyl (C=O) groups is 4. The van der Waals surface area contributed by atoms with E-state index < -0.39 is 29.3 Å². The number of piperazine rings is 2. The number of nitrogens with one attached hydrogen (secondary N) is 3. The van der Waals surface area contributed by atoms with Crippen molar-refractivity contribution < 1.29 is 32.3 Å². The average molecular weight is 997 g/mol. The Labute approximate surface area is 421 Å². The molecule has 18 heteroatoms. The van der Waals surface area contributed by atoms with Crippen molar-refractivity contribution in [1.29, 1.82) is 0 Å². The molecule has 5 heterocycles. The zero-order valence-corrected chi connectivity index (χ0v) is 40.8. The van der Waals surface area contributed by atoms with Crippen LogP contribution in [-0.4, -0.2) is 148 Å². The molecular formula is C55H59F3N10O5. The molecule has 6 aromatic rings. The molecule has 73 heavy (non-hydrogen) atoms. The number of nitrogens with zero attached hydrogens (tertiary/aromatic N) is 7. The fourth-order valence-electron chi connectivity index (χ4n) is 9.96. The maximum absolute atomic E-state index is 15.1. The van der Waals surface area contributed by atoms with Gasteiger partial charge in [-0.2, -0.15) is 5.10 Å². The largest absolute Gasteiger partial charge is 0.338 e. The molecule has 0 saturated carbocycles. The number of piperidine rings is 1. The molecule has 4 amide bonds. The van der Waals surface area contributed by atoms with Gasteiger partial charge in [0.2, 0.25) is 11.8 Å². The van der Waals surface area contributed by atoms with Crippen molar-refractivity contribution in [3.05, 3.63) is 159 Å². The van der Waals surface area contributed by atoms with Gasteiger partial charge in [-0.15, -0.1) is 0 Å². The molecule has 4 aromatic carbocycles. The number of aromatic nitrogens is 3. The number of anilines is 1. The van der Waals surface area contributed by atoms with Crippen molar-refractivity contribution in [2.24, 2.45) is 5.92 Å². The maximum Gasteiger partial charge on any atom is 0.274 e. The van der Waals surface area contributed by atoms with Crippen LogP contribution >= 0.6 is 0 Å². The lowest BCUT2D eigenvalue weighted by Crippen LogP contribution is -2.55. The van der Waals surface area contributed by atoms with Crippen LogP contribution in [0.5, 0.6) is 0 Å². The summed E-state index contributed by atoms with van der Waals surface area (Å²) in [5, 5.41) is 13.7. The monoisotopic (exact) mass is 996 g/mol. The number of aryl methyl sites for hydroxylation is 1. The summed E-state index contributed by atoms with van der Waals surface area (Å²) in [4.78, 5) is 81.0. The molecule has 0 spiro atoms. The number of amides is 4. The number of aromatic amines is 1. The first-order valence-electron chi connectivity index (χ1n) is 25.0. The van der Waals surface area contributed by atoms with Crippen LogP contribution in [0.15, 0.2) is 102 Å². The van der Waals surface area contributed by atoms with E-state index in [4.69, 9.17) is 0 Å². The second kappa shape index (κ2) is 23.1. The van der Waals surface area contributed by atoms with E-state index in [1.807, 2.05) is 30.3 Å². The second-order valence-corrected chi connectivity index (χ2v) is 19.1. The number of rotatable bonds is 15. The highest BCUT2D eigenvalue weighted by Crippen LogP contribution is 2.28. The van der Waals surface area contributed by atoms with Crippen molar-refractivity contribution in [3.63, 3.8) is 0 Å². The number of hydrogen-bond donors (Lipinski definition) is 3. The molecule has 3 aliphatic rings. The van der Waals surface area contributed by atoms with Crippen molar-refractivity contribution in [3.8, 4) is 11.1 Å². The van der Waals surface area contributed by atoms with Crippen LogP contribution in [0.2, 0.25) is 0 Å². The van der Waals surface area contributed by atoms with Gasteiger partial charge in [0.05, 0.1) is 35.4 Å². The average Bonchev–Trinajstić information content (AvgIpc) is 3.41. The minimum atomic E-state index is -0.710. The first-order chi connectivity index (χ1) is 35.4. The third kappa shape index (κ3) is 12.3. The Bertz CT molecular complexity index is 3060. The summed E-state index contributed by atoms with van der Waals surface area (Å²) in [6, 6.07) is 24.6. The van der Waals surface area contributed by atoms with E-state index in [0.29, 0.717) is 60.5 Å². The molecule has 3 aliphatic heterocycles. The zero-order chi connectivity index (χ0) is 51.0. The predicted molar refractivity (Wildman–Crippen MR) is 271 cm³/mol. The van der Waals surface area contributed by atoms with Crippen LogP contribution < -0.4 is 16.2 Å². The third-order valence-corrected chi connectivity index (χ3v) is 14.2. The summed E-state index contributed by atoms with van der Waals surface area (Å²) in [6.45, 7) is 8.48. The number of carbonyl (C=O) groups excluding carboxylic acids is 4. The van der Waals surface area contributed by atoms with Crippen molar-refractivity contribution in [2.45, 2.75) is 39.2 Å². The van der Waals surface area contributed by atoms with Gasteiger partial charge in [0.15, 0.2) is 5.69 Å². The fourth-order valence-corrected chi connectivity index (χ4v) is 9.96. The summed E-state index contributed by atoms with van der Waals surface area (Å²) < 4.78 is 42.7. The highest BCUT2D eigenvalue weighted by atomic mass is 19.1. The number of benzene rings is 4. The summed E-state index contributed by atoms with van der Waals surface area (Å²) in [5.41, 5.74) is 4.36. The Morgan fingerprint density at radius 1 is 0.699 bits per heavy atom. The van der Waals surface area contributed by atoms with Gasteiger partial charge < -0.3 is 30.2 Å². The van der Waals surface area contributed by atoms with Gasteiger partial charge >= 0.3 is 0 Å². The van der Waals surface area contributed by atoms with Crippen LogP contribution in [0, 0.1) is 23.4 Å². The first-order valence-corrected chi connectivity index (χ1v) is 25.0. The second-order valence-electron chi connectivity index (χ2n) is 19.1. The predicted octanol–water partition coefficient (Wildman–Crippen LogP) is 5.74. The number of hydrogen-bond acceptors (Lipinski definition) is 10. The molecule has 2 aromatic heterocycles. The molecule has 0 bridgehead atoms. The Morgan fingerprint density at radius 3 is 2.18 bits per heavy atom. The standard InChI is InChI=1S/C55H59F3N10O5/c1-2-36-6-5-7-39(26-36)41-29-49(61-50(69)33-59-31-40-11-12-42(56)30-47(40)58)52(60-32-41)55(73)67-16-14-37(15-17-67)34-64-18-20-65(21-19-64)35-51(70)66-22-24-68(25-23-66)54(72)45-27-38(10-13-46(45)57)28-48-43-8-3-4-9-44(43)53(71)63-62-48/h3-13,26-27,29-30,32,37,59H,2,14-25,28,31,33-35H2,1H3,(H,61,69)(H,63,71). The van der Waals surface area contributed by atoms with Gasteiger partial charge in [0.1, 0.15) is 17.5 Å². The molecule has 380 valence electrons. The highest BCUT2D eigenvalue weighted by Gasteiger charge is 2.31. The van der Waals surface area contributed by atoms with Gasteiger partial charge in [0.25, 0.3) is 17.4 Å². The molecule has 0 atom stereocenters. The zero-order valence-electron chi connectivity index (χ0n) is 40.8. The van der Waals surface area contributed by atoms with E-state index >= 15 is 4.39 Å². The van der Waals surface area contributed by atoms with Crippen molar-refractivity contribution in [2.75, 3.05) is 90.4 Å². The number of H-pyrrole nitrogens is 1. The van der Waals surface area contributed by atoms with Gasteiger partial charge in [-0.05, 0) is 72.2 Å². The van der Waals surface area contributed by atoms with E-state index in [2.05, 4.69) is 48.6 Å². The van der Waals surface area contributed by atoms with Gasteiger partial charge in [-0.25, -0.2) is 23.3 Å². The molecule has 0 radical (unpaired) electrons. The van der Waals surface area contributed by atoms with Crippen LogP contribution in [-0.2, 0) is 29.0 Å². The highest BCUT2D eigenvalue weighted by molar-refractivity contribution is 6.03. The molecule has 0 unspecified atom stereocenters. The van der Waals surface area contributed by atoms with Crippen molar-refractivity contribution >= 4 is 40.1 Å². The van der Waals surface area contributed by atoms with Crippen LogP contribution in [0.25, 0.3) is 21.9 Å². The lowest BCUT2D eigenvalue weighted by atomic mass is 9.95. The summed E-state index contributed by atoms with van der Waals surface area (Å²) in [6.07, 6.45) is 4.39. The third-order valence-electron chi connectivity index (χ3n) is 14.2. The normalized spacial score (nSPS) is 16.0. The summed E-state index contributed by atoms with van der Waals surface area (Å²) in [7, 11) is 0. The van der Waals surface area contributed by atoms with E-state index in [-0.39, 0.29) is 72.6 Å². The van der Waals surface area contributed by atoms with Crippen LogP contribution in [0.1, 0.15) is 63.0 Å². The summed E-state index contributed by atoms with van der Waals surface area (Å²) >= 11 is 0. The van der Waals surface area contributed by atoms with Crippen LogP contribution in [0.3, 0.4) is 0 Å². The van der Waals surface area contributed by atoms with Gasteiger partial charge in [0, 0.05) is 114 Å². The minimum absolute atomic E-state index is 0.000778. The molecule has 3 saturated heterocycles. The van der Waals surface area contributed by atoms with Crippen LogP contribution in [0.4, 0.5) is 18.9 Å². The fraction of sp³-hybridized carbons (Fsp3) is 0.364. The Hall–Kier alpha value is -7.28. The smallest absolute Gasteiger partial charge is 0.274 e. The Morgan fingerprint density at radius 2 is 1.42 bits per heavy atom. The number of pyridine rings is 1. The lowest BCUT2D eigenvalue weighted by molar-refractivity contribution is -0.134. The van der Waals surface area contributed by atoms with E-state index in [1.165, 1.54) is 12.1 Å². The lowest BCUT2D eigenvalue weighted by Gasteiger charge is -2.40. The molecule has 15 nitrogen and oxygen atoms in total. The van der Waals surface area contributed by atoms with E-state index in [9.17, 15) is 32.8 Å². The number of likely N-dealkylation sites (tertiary alicyclic amines) is 1. The van der Waals surface area contributed by atoms with Gasteiger partial charge in [-0.1, -0.05) is 61.5 Å². The summed E-state index contributed by atoms with van der Waals surface area (Å²) in [5.74, 6) is -2.80. The number of fused-ring (bicyclic) bond motifs is 1. The van der Waals surface area contributed by atoms with Gasteiger partial charge in [-0.3, -0.25) is 28.9 Å². The quantitative estimate of drug-likeness (QED) is 0.116. The SMILES string of the molecule is CCc1cccc(-c2cnc(C(=O)N3CCC(CN4CCN(CC(=O)N5CCN(C(=O)c6cc(Cc7n[nH]c(=O)c8ccccc78)ccc6F)CC5)CC4)CC3)c(NC(=O)CNCc3ccc(F)cc3F)c2)c1. The van der Waals surface area contributed by atoms with Crippen molar-refractivity contribution in [1.82, 2.24) is 45.0 Å². The minimum Gasteiger partial charge on any atom is -0.338 e. The molecule has 3 fully saturated rings. The molecule has 0 aliphatic carbocycles. The Balaban J connectivity index is 0.724. The van der Waals surface area contributed by atoms with E-state index in [1.54, 1.807) is 51.2 Å². The molecule has 9 rings (SSSR count). The topological polar surface area (TPSA) is 167 Å². The molecular weight excluding hydrogens is 938 g/mol. The van der Waals surface area contributed by atoms with E-state index in [0.717, 1.165) is 80.8 Å².